The Balaban J connectivity index is 3.95. The number of alkyl halides is 1. The molecule has 0 aliphatic rings. The number of rotatable bonds is 9. The molecule has 4 nitrogen and oxygen atoms in total. The van der Waals surface area contributed by atoms with Crippen molar-refractivity contribution < 1.29 is 8.42 Å². The van der Waals surface area contributed by atoms with Crippen LogP contribution < -0.4 is 4.72 Å². The smallest absolute Gasteiger partial charge is 0.211 e. The Hall–Kier alpha value is 0.160. The van der Waals surface area contributed by atoms with E-state index in [2.05, 4.69) is 23.5 Å². The lowest BCUT2D eigenvalue weighted by molar-refractivity contribution is 0.256. The molecular formula is C11H25ClN2O2S. The SMILES string of the molecule is CCC(C)N(C)CCNS(=O)(=O)CC(C)CCl. The maximum atomic E-state index is 11.6. The minimum absolute atomic E-state index is 0.0125. The van der Waals surface area contributed by atoms with Crippen molar-refractivity contribution in [2.45, 2.75) is 33.2 Å². The zero-order chi connectivity index (χ0) is 13.5. The number of likely N-dealkylation sites (N-methyl/N-ethyl adjacent to an activating group) is 1. The van der Waals surface area contributed by atoms with Gasteiger partial charge in [0, 0.05) is 25.0 Å². The number of nitrogens with one attached hydrogen (secondary N) is 1. The molecule has 0 fully saturated rings. The molecule has 2 unspecified atom stereocenters. The molecular weight excluding hydrogens is 260 g/mol. The molecule has 2 atom stereocenters. The van der Waals surface area contributed by atoms with Crippen molar-refractivity contribution in [3.05, 3.63) is 0 Å². The summed E-state index contributed by atoms with van der Waals surface area (Å²) >= 11 is 5.60. The fraction of sp³-hybridized carbons (Fsp3) is 1.00. The molecule has 0 aromatic heterocycles. The van der Waals surface area contributed by atoms with E-state index in [-0.39, 0.29) is 11.7 Å². The van der Waals surface area contributed by atoms with Gasteiger partial charge in [0.05, 0.1) is 5.75 Å². The number of halogens is 1. The minimum atomic E-state index is -3.18. The van der Waals surface area contributed by atoms with Crippen LogP contribution in [0.1, 0.15) is 27.2 Å². The second kappa shape index (κ2) is 8.29. The van der Waals surface area contributed by atoms with E-state index in [4.69, 9.17) is 11.6 Å². The summed E-state index contributed by atoms with van der Waals surface area (Å²) in [5.41, 5.74) is 0. The first kappa shape index (κ1) is 17.2. The molecule has 0 aliphatic heterocycles. The van der Waals surface area contributed by atoms with Crippen molar-refractivity contribution in [3.8, 4) is 0 Å². The number of hydrogen-bond donors (Lipinski definition) is 1. The standard InChI is InChI=1S/C11H25ClN2O2S/c1-5-11(3)14(4)7-6-13-17(15,16)9-10(2)8-12/h10-11,13H,5-9H2,1-4H3. The van der Waals surface area contributed by atoms with Crippen molar-refractivity contribution in [2.75, 3.05) is 31.8 Å². The van der Waals surface area contributed by atoms with Gasteiger partial charge in [-0.3, -0.25) is 0 Å². The molecule has 17 heavy (non-hydrogen) atoms. The van der Waals surface area contributed by atoms with Gasteiger partial charge in [-0.25, -0.2) is 13.1 Å². The molecule has 0 bridgehead atoms. The van der Waals surface area contributed by atoms with Crippen molar-refractivity contribution >= 4 is 21.6 Å². The van der Waals surface area contributed by atoms with Crippen LogP contribution in [0.2, 0.25) is 0 Å². The third-order valence-electron chi connectivity index (χ3n) is 2.90. The molecule has 0 radical (unpaired) electrons. The van der Waals surface area contributed by atoms with E-state index in [1.54, 1.807) is 0 Å². The summed E-state index contributed by atoms with van der Waals surface area (Å²) in [6.45, 7) is 7.26. The summed E-state index contributed by atoms with van der Waals surface area (Å²) in [5, 5.41) is 0. The molecule has 0 rings (SSSR count). The van der Waals surface area contributed by atoms with Gasteiger partial charge >= 0.3 is 0 Å². The summed E-state index contributed by atoms with van der Waals surface area (Å²) < 4.78 is 25.9. The predicted octanol–water partition coefficient (Wildman–Crippen LogP) is 1.51. The summed E-state index contributed by atoms with van der Waals surface area (Å²) in [4.78, 5) is 2.15. The van der Waals surface area contributed by atoms with Crippen LogP contribution in [-0.4, -0.2) is 51.1 Å². The van der Waals surface area contributed by atoms with E-state index in [0.29, 0.717) is 18.5 Å². The van der Waals surface area contributed by atoms with Gasteiger partial charge in [-0.1, -0.05) is 13.8 Å². The lowest BCUT2D eigenvalue weighted by Gasteiger charge is -2.23. The lowest BCUT2D eigenvalue weighted by atomic mass is 10.2. The van der Waals surface area contributed by atoms with Crippen LogP contribution >= 0.6 is 11.6 Å². The van der Waals surface area contributed by atoms with Gasteiger partial charge in [-0.2, -0.15) is 0 Å². The zero-order valence-corrected chi connectivity index (χ0v) is 12.8. The summed E-state index contributed by atoms with van der Waals surface area (Å²) in [7, 11) is -1.18. The molecule has 104 valence electrons. The summed E-state index contributed by atoms with van der Waals surface area (Å²) in [6.07, 6.45) is 1.06. The second-order valence-electron chi connectivity index (χ2n) is 4.67. The van der Waals surface area contributed by atoms with Crippen molar-refractivity contribution in [3.63, 3.8) is 0 Å². The Labute approximate surface area is 111 Å². The van der Waals surface area contributed by atoms with E-state index >= 15 is 0 Å². The molecule has 0 saturated carbocycles. The molecule has 0 saturated heterocycles. The van der Waals surface area contributed by atoms with Crippen LogP contribution in [0.5, 0.6) is 0 Å². The number of sulfonamides is 1. The van der Waals surface area contributed by atoms with Gasteiger partial charge in [0.25, 0.3) is 0 Å². The van der Waals surface area contributed by atoms with E-state index in [9.17, 15) is 8.42 Å². The Kier molecular flexibility index (Phi) is 8.37. The summed E-state index contributed by atoms with van der Waals surface area (Å²) in [6, 6.07) is 0.473. The molecule has 0 aliphatic carbocycles. The number of nitrogens with zero attached hydrogens (tertiary/aromatic N) is 1. The highest BCUT2D eigenvalue weighted by Gasteiger charge is 2.15. The molecule has 0 aromatic carbocycles. The fourth-order valence-electron chi connectivity index (χ4n) is 1.39. The molecule has 6 heteroatoms. The summed E-state index contributed by atoms with van der Waals surface area (Å²) in [5.74, 6) is 0.457. The lowest BCUT2D eigenvalue weighted by Crippen LogP contribution is -2.38. The van der Waals surface area contributed by atoms with Crippen LogP contribution in [0.3, 0.4) is 0 Å². The van der Waals surface area contributed by atoms with E-state index in [0.717, 1.165) is 13.0 Å². The predicted molar refractivity (Wildman–Crippen MR) is 74.1 cm³/mol. The highest BCUT2D eigenvalue weighted by atomic mass is 35.5. The second-order valence-corrected chi connectivity index (χ2v) is 6.83. The highest BCUT2D eigenvalue weighted by molar-refractivity contribution is 7.89. The highest BCUT2D eigenvalue weighted by Crippen LogP contribution is 2.02. The van der Waals surface area contributed by atoms with Gasteiger partial charge in [0.2, 0.25) is 10.0 Å². The van der Waals surface area contributed by atoms with Crippen molar-refractivity contribution in [1.29, 1.82) is 0 Å². The van der Waals surface area contributed by atoms with Crippen molar-refractivity contribution in [1.82, 2.24) is 9.62 Å². The topological polar surface area (TPSA) is 49.4 Å². The Morgan fingerprint density at radius 3 is 2.41 bits per heavy atom. The van der Waals surface area contributed by atoms with Crippen LogP contribution in [0, 0.1) is 5.92 Å². The van der Waals surface area contributed by atoms with Gasteiger partial charge in [0.15, 0.2) is 0 Å². The van der Waals surface area contributed by atoms with Crippen LogP contribution in [0.4, 0.5) is 0 Å². The quantitative estimate of drug-likeness (QED) is 0.653. The van der Waals surface area contributed by atoms with Crippen molar-refractivity contribution in [2.24, 2.45) is 5.92 Å². The first-order valence-corrected chi connectivity index (χ1v) is 8.24. The molecule has 0 amide bonds. The molecule has 0 heterocycles. The normalized spacial score (nSPS) is 16.1. The average Bonchev–Trinajstić information content (AvgIpc) is 2.26. The first-order valence-electron chi connectivity index (χ1n) is 6.06. The largest absolute Gasteiger partial charge is 0.302 e. The van der Waals surface area contributed by atoms with Crippen LogP contribution in [0.25, 0.3) is 0 Å². The fourth-order valence-corrected chi connectivity index (χ4v) is 3.01. The third kappa shape index (κ3) is 7.97. The Bertz CT molecular complexity index is 296. The minimum Gasteiger partial charge on any atom is -0.302 e. The first-order chi connectivity index (χ1) is 7.82. The monoisotopic (exact) mass is 284 g/mol. The Morgan fingerprint density at radius 1 is 1.35 bits per heavy atom. The van der Waals surface area contributed by atoms with E-state index in [1.807, 2.05) is 14.0 Å². The zero-order valence-electron chi connectivity index (χ0n) is 11.2. The molecule has 0 spiro atoms. The van der Waals surface area contributed by atoms with Gasteiger partial charge in [0.1, 0.15) is 0 Å². The van der Waals surface area contributed by atoms with Gasteiger partial charge in [-0.15, -0.1) is 11.6 Å². The maximum Gasteiger partial charge on any atom is 0.211 e. The third-order valence-corrected chi connectivity index (χ3v) is 5.08. The molecule has 0 aromatic rings. The maximum absolute atomic E-state index is 11.6. The van der Waals surface area contributed by atoms with Crippen LogP contribution in [0.15, 0.2) is 0 Å². The van der Waals surface area contributed by atoms with Gasteiger partial charge in [-0.05, 0) is 26.3 Å². The van der Waals surface area contributed by atoms with Gasteiger partial charge < -0.3 is 4.90 Å². The van der Waals surface area contributed by atoms with E-state index in [1.165, 1.54) is 0 Å². The van der Waals surface area contributed by atoms with E-state index < -0.39 is 10.0 Å². The Morgan fingerprint density at radius 2 is 1.94 bits per heavy atom. The average molecular weight is 285 g/mol. The number of hydrogen-bond acceptors (Lipinski definition) is 3. The van der Waals surface area contributed by atoms with Crippen LogP contribution in [-0.2, 0) is 10.0 Å². The molecule has 1 N–H and O–H groups in total.